The summed E-state index contributed by atoms with van der Waals surface area (Å²) in [5.41, 5.74) is 0.994. The van der Waals surface area contributed by atoms with Gasteiger partial charge < -0.3 is 5.11 Å². The average molecular weight is 284 g/mol. The Labute approximate surface area is 90.5 Å². The summed E-state index contributed by atoms with van der Waals surface area (Å²) in [5, 5.41) is 11.4. The van der Waals surface area contributed by atoms with Crippen LogP contribution >= 0.6 is 22.6 Å². The zero-order chi connectivity index (χ0) is 9.26. The number of halogens is 1. The Kier molecular flexibility index (Phi) is 2.51. The summed E-state index contributed by atoms with van der Waals surface area (Å²) in [7, 11) is 0. The molecule has 66 valence electrons. The molecule has 0 aromatic heterocycles. The third-order valence-electron chi connectivity index (χ3n) is 2.10. The van der Waals surface area contributed by atoms with Crippen LogP contribution < -0.4 is 0 Å². The molecular formula is C11H9IO. The minimum absolute atomic E-state index is 0.109. The standard InChI is InChI=1S/C11H9IO/c12-10-4-5-11-8(6-10)2-1-3-9(11)7-13/h1-6,13H,7H2. The second-order valence-corrected chi connectivity index (χ2v) is 4.19. The molecule has 0 bridgehead atoms. The van der Waals surface area contributed by atoms with Gasteiger partial charge in [0.05, 0.1) is 6.61 Å². The predicted octanol–water partition coefficient (Wildman–Crippen LogP) is 2.94. The van der Waals surface area contributed by atoms with Gasteiger partial charge in [-0.05, 0) is 51.1 Å². The lowest BCUT2D eigenvalue weighted by molar-refractivity contribution is 0.283. The van der Waals surface area contributed by atoms with Crippen molar-refractivity contribution in [2.45, 2.75) is 6.61 Å². The van der Waals surface area contributed by atoms with Crippen LogP contribution in [0.2, 0.25) is 0 Å². The van der Waals surface area contributed by atoms with Crippen LogP contribution in [0.5, 0.6) is 0 Å². The van der Waals surface area contributed by atoms with Gasteiger partial charge in [0.15, 0.2) is 0 Å². The highest BCUT2D eigenvalue weighted by atomic mass is 127. The van der Waals surface area contributed by atoms with Gasteiger partial charge in [-0.2, -0.15) is 0 Å². The van der Waals surface area contributed by atoms with E-state index in [4.69, 9.17) is 5.11 Å². The molecule has 0 saturated carbocycles. The molecule has 0 fully saturated rings. The highest BCUT2D eigenvalue weighted by Gasteiger charge is 1.98. The van der Waals surface area contributed by atoms with E-state index >= 15 is 0 Å². The highest BCUT2D eigenvalue weighted by molar-refractivity contribution is 14.1. The minimum Gasteiger partial charge on any atom is -0.392 e. The first-order chi connectivity index (χ1) is 6.31. The van der Waals surface area contributed by atoms with E-state index in [2.05, 4.69) is 46.9 Å². The van der Waals surface area contributed by atoms with Crippen molar-refractivity contribution < 1.29 is 5.11 Å². The second-order valence-electron chi connectivity index (χ2n) is 2.94. The summed E-state index contributed by atoms with van der Waals surface area (Å²) in [6.07, 6.45) is 0. The summed E-state index contributed by atoms with van der Waals surface area (Å²) in [6, 6.07) is 12.2. The molecule has 0 aliphatic rings. The Morgan fingerprint density at radius 1 is 1.15 bits per heavy atom. The molecule has 0 radical (unpaired) electrons. The molecule has 0 saturated heterocycles. The molecule has 13 heavy (non-hydrogen) atoms. The molecule has 0 unspecified atom stereocenters. The molecular weight excluding hydrogens is 275 g/mol. The number of fused-ring (bicyclic) bond motifs is 1. The topological polar surface area (TPSA) is 20.2 Å². The first kappa shape index (κ1) is 8.97. The molecule has 0 aliphatic heterocycles. The molecule has 0 amide bonds. The monoisotopic (exact) mass is 284 g/mol. The van der Waals surface area contributed by atoms with Crippen molar-refractivity contribution in [2.75, 3.05) is 0 Å². The quantitative estimate of drug-likeness (QED) is 0.798. The van der Waals surface area contributed by atoms with E-state index in [1.54, 1.807) is 0 Å². The third kappa shape index (κ3) is 1.69. The number of benzene rings is 2. The highest BCUT2D eigenvalue weighted by Crippen LogP contribution is 2.20. The van der Waals surface area contributed by atoms with Crippen molar-refractivity contribution in [3.63, 3.8) is 0 Å². The Morgan fingerprint density at radius 2 is 2.00 bits per heavy atom. The molecule has 0 atom stereocenters. The van der Waals surface area contributed by atoms with Gasteiger partial charge in [0.1, 0.15) is 0 Å². The molecule has 0 heterocycles. The summed E-state index contributed by atoms with van der Waals surface area (Å²) >= 11 is 2.29. The molecule has 1 N–H and O–H groups in total. The Morgan fingerprint density at radius 3 is 2.77 bits per heavy atom. The van der Waals surface area contributed by atoms with Crippen LogP contribution in [0, 0.1) is 3.57 Å². The number of aliphatic hydroxyl groups excluding tert-OH is 1. The number of aliphatic hydroxyl groups is 1. The van der Waals surface area contributed by atoms with Crippen molar-refractivity contribution in [1.82, 2.24) is 0 Å². The maximum Gasteiger partial charge on any atom is 0.0687 e. The van der Waals surface area contributed by atoms with Gasteiger partial charge in [-0.1, -0.05) is 24.3 Å². The van der Waals surface area contributed by atoms with Gasteiger partial charge in [-0.15, -0.1) is 0 Å². The fourth-order valence-electron chi connectivity index (χ4n) is 1.46. The van der Waals surface area contributed by atoms with Crippen LogP contribution in [0.25, 0.3) is 10.8 Å². The smallest absolute Gasteiger partial charge is 0.0687 e. The minimum atomic E-state index is 0.109. The SMILES string of the molecule is OCc1cccc2cc(I)ccc12. The van der Waals surface area contributed by atoms with E-state index in [-0.39, 0.29) is 6.61 Å². The van der Waals surface area contributed by atoms with Gasteiger partial charge in [0.2, 0.25) is 0 Å². The van der Waals surface area contributed by atoms with Gasteiger partial charge in [0.25, 0.3) is 0 Å². The number of hydrogen-bond acceptors (Lipinski definition) is 1. The van der Waals surface area contributed by atoms with Gasteiger partial charge in [-0.25, -0.2) is 0 Å². The summed E-state index contributed by atoms with van der Waals surface area (Å²) < 4.78 is 1.22. The van der Waals surface area contributed by atoms with Crippen LogP contribution in [0.4, 0.5) is 0 Å². The number of hydrogen-bond donors (Lipinski definition) is 1. The van der Waals surface area contributed by atoms with Crippen molar-refractivity contribution in [1.29, 1.82) is 0 Å². The van der Waals surface area contributed by atoms with E-state index in [1.165, 1.54) is 8.96 Å². The third-order valence-corrected chi connectivity index (χ3v) is 2.77. The van der Waals surface area contributed by atoms with Gasteiger partial charge >= 0.3 is 0 Å². The molecule has 1 nitrogen and oxygen atoms in total. The summed E-state index contributed by atoms with van der Waals surface area (Å²) in [4.78, 5) is 0. The molecule has 2 aromatic rings. The molecule has 2 heteroatoms. The zero-order valence-electron chi connectivity index (χ0n) is 7.00. The zero-order valence-corrected chi connectivity index (χ0v) is 9.15. The lowest BCUT2D eigenvalue weighted by atomic mass is 10.1. The fraction of sp³-hybridized carbons (Fsp3) is 0.0909. The lowest BCUT2D eigenvalue weighted by Crippen LogP contribution is -1.85. The largest absolute Gasteiger partial charge is 0.392 e. The maximum absolute atomic E-state index is 9.10. The molecule has 0 spiro atoms. The molecule has 0 aliphatic carbocycles. The average Bonchev–Trinajstić information content (AvgIpc) is 2.16. The molecule has 2 aromatic carbocycles. The van der Waals surface area contributed by atoms with E-state index in [9.17, 15) is 0 Å². The van der Waals surface area contributed by atoms with Crippen LogP contribution in [-0.4, -0.2) is 5.11 Å². The number of rotatable bonds is 1. The summed E-state index contributed by atoms with van der Waals surface area (Å²) in [6.45, 7) is 0.109. The van der Waals surface area contributed by atoms with Crippen LogP contribution in [0.1, 0.15) is 5.56 Å². The fourth-order valence-corrected chi connectivity index (χ4v) is 1.97. The van der Waals surface area contributed by atoms with Crippen LogP contribution in [0.3, 0.4) is 0 Å². The Balaban J connectivity index is 2.77. The van der Waals surface area contributed by atoms with Crippen molar-refractivity contribution in [2.24, 2.45) is 0 Å². The maximum atomic E-state index is 9.10. The van der Waals surface area contributed by atoms with Gasteiger partial charge in [-0.3, -0.25) is 0 Å². The van der Waals surface area contributed by atoms with E-state index < -0.39 is 0 Å². The van der Waals surface area contributed by atoms with Crippen molar-refractivity contribution >= 4 is 33.4 Å². The Hall–Kier alpha value is -0.610. The van der Waals surface area contributed by atoms with Crippen molar-refractivity contribution in [3.8, 4) is 0 Å². The normalized spacial score (nSPS) is 10.6. The van der Waals surface area contributed by atoms with E-state index in [0.717, 1.165) is 10.9 Å². The first-order valence-electron chi connectivity index (χ1n) is 4.09. The van der Waals surface area contributed by atoms with E-state index in [1.807, 2.05) is 12.1 Å². The van der Waals surface area contributed by atoms with Crippen molar-refractivity contribution in [3.05, 3.63) is 45.5 Å². The Bertz CT molecular complexity index is 437. The predicted molar refractivity (Wildman–Crippen MR) is 62.6 cm³/mol. The van der Waals surface area contributed by atoms with Crippen LogP contribution in [0.15, 0.2) is 36.4 Å². The summed E-state index contributed by atoms with van der Waals surface area (Å²) in [5.74, 6) is 0. The second kappa shape index (κ2) is 3.64. The lowest BCUT2D eigenvalue weighted by Gasteiger charge is -2.03. The van der Waals surface area contributed by atoms with E-state index in [0.29, 0.717) is 0 Å². The first-order valence-corrected chi connectivity index (χ1v) is 5.17. The molecule has 2 rings (SSSR count). The van der Waals surface area contributed by atoms with Gasteiger partial charge in [0, 0.05) is 3.57 Å². The van der Waals surface area contributed by atoms with Crippen LogP contribution in [-0.2, 0) is 6.61 Å².